The molecule has 0 unspecified atom stereocenters. The number of ether oxygens (including phenoxy) is 2. The molecule has 5 heteroatoms. The van der Waals surface area contributed by atoms with Crippen LogP contribution in [0.2, 0.25) is 5.82 Å². The van der Waals surface area contributed by atoms with Gasteiger partial charge in [-0.1, -0.05) is 148 Å². The van der Waals surface area contributed by atoms with Crippen molar-refractivity contribution in [2.75, 3.05) is 14.2 Å². The fourth-order valence-corrected chi connectivity index (χ4v) is 7.12. The van der Waals surface area contributed by atoms with Gasteiger partial charge < -0.3 is 18.8 Å². The largest absolute Gasteiger partial charge is 0.461 e. The zero-order chi connectivity index (χ0) is 29.0. The van der Waals surface area contributed by atoms with Crippen LogP contribution in [0.5, 0.6) is 0 Å². The monoisotopic (exact) mass is 560 g/mol. The number of hydrogen-bond donors (Lipinski definition) is 0. The Balaban J connectivity index is 1.56. The normalized spacial score (nSPS) is 22.3. The molecule has 1 heterocycles. The van der Waals surface area contributed by atoms with Crippen LogP contribution in [0.3, 0.4) is 0 Å². The summed E-state index contributed by atoms with van der Waals surface area (Å²) in [4.78, 5) is 0. The summed E-state index contributed by atoms with van der Waals surface area (Å²) in [6.45, 7) is 2.26. The van der Waals surface area contributed by atoms with Crippen LogP contribution in [0.1, 0.15) is 54.9 Å². The molecule has 42 heavy (non-hydrogen) atoms. The first-order valence-corrected chi connectivity index (χ1v) is 15.3. The van der Waals surface area contributed by atoms with E-state index in [4.69, 9.17) is 18.8 Å². The predicted octanol–water partition coefficient (Wildman–Crippen LogP) is 8.02. The highest BCUT2D eigenvalue weighted by molar-refractivity contribution is 6.48. The first-order chi connectivity index (χ1) is 20.7. The number of benzene rings is 4. The molecule has 4 atom stereocenters. The zero-order valence-electron chi connectivity index (χ0n) is 24.9. The molecule has 1 saturated heterocycles. The summed E-state index contributed by atoms with van der Waals surface area (Å²) in [6, 6.07) is 41.7. The van der Waals surface area contributed by atoms with E-state index in [1.807, 2.05) is 24.3 Å². The summed E-state index contributed by atoms with van der Waals surface area (Å²) in [5.74, 6) is 0.969. The van der Waals surface area contributed by atoms with Crippen LogP contribution in [0, 0.1) is 5.92 Å². The molecule has 0 aromatic heterocycles. The molecule has 4 nitrogen and oxygen atoms in total. The molecule has 6 rings (SSSR count). The molecule has 0 bridgehead atoms. The standard InChI is InChI=1S/C37H41BO4/c1-4-5-18-28-27-33(28)38-41-34(36(39-2,29-19-10-6-11-20-29)30-21-12-7-13-22-30)35(42-38)37(40-3,31-23-14-8-15-24-31)32-25-16-9-17-26-32/h6-17,19-26,28,33-35H,4-5,18,27H2,1-3H3/t28-,33-,34-,35-/m1/s1. The predicted molar refractivity (Wildman–Crippen MR) is 168 cm³/mol. The van der Waals surface area contributed by atoms with Gasteiger partial charge in [-0.3, -0.25) is 0 Å². The van der Waals surface area contributed by atoms with E-state index >= 15 is 0 Å². The van der Waals surface area contributed by atoms with Crippen LogP contribution >= 0.6 is 0 Å². The summed E-state index contributed by atoms with van der Waals surface area (Å²) in [5, 5.41) is 0. The van der Waals surface area contributed by atoms with Crippen LogP contribution in [0.4, 0.5) is 0 Å². The molecule has 0 amide bonds. The van der Waals surface area contributed by atoms with Gasteiger partial charge in [-0.25, -0.2) is 0 Å². The fourth-order valence-electron chi connectivity index (χ4n) is 7.12. The Morgan fingerprint density at radius 2 is 0.976 bits per heavy atom. The maximum absolute atomic E-state index is 7.20. The molecule has 0 spiro atoms. The van der Waals surface area contributed by atoms with Crippen molar-refractivity contribution >= 4 is 7.12 Å². The number of methoxy groups -OCH3 is 2. The van der Waals surface area contributed by atoms with Crippen LogP contribution in [-0.2, 0) is 30.0 Å². The smallest absolute Gasteiger partial charge is 0.402 e. The maximum atomic E-state index is 7.20. The zero-order valence-corrected chi connectivity index (χ0v) is 24.9. The lowest BCUT2D eigenvalue weighted by Crippen LogP contribution is -2.56. The molecule has 1 saturated carbocycles. The minimum Gasteiger partial charge on any atom is -0.402 e. The van der Waals surface area contributed by atoms with E-state index in [2.05, 4.69) is 104 Å². The molecule has 2 fully saturated rings. The maximum Gasteiger partial charge on any atom is 0.461 e. The van der Waals surface area contributed by atoms with E-state index in [9.17, 15) is 0 Å². The Bertz CT molecular complexity index is 1220. The van der Waals surface area contributed by atoms with Crippen molar-refractivity contribution in [3.63, 3.8) is 0 Å². The van der Waals surface area contributed by atoms with E-state index in [-0.39, 0.29) is 7.12 Å². The summed E-state index contributed by atoms with van der Waals surface area (Å²) in [6.07, 6.45) is 3.71. The van der Waals surface area contributed by atoms with Gasteiger partial charge in [0.2, 0.25) is 0 Å². The number of hydrogen-bond acceptors (Lipinski definition) is 4. The topological polar surface area (TPSA) is 36.9 Å². The second-order valence-electron chi connectivity index (χ2n) is 11.6. The van der Waals surface area contributed by atoms with Gasteiger partial charge in [-0.2, -0.15) is 0 Å². The first-order valence-electron chi connectivity index (χ1n) is 15.3. The van der Waals surface area contributed by atoms with Crippen molar-refractivity contribution in [3.05, 3.63) is 144 Å². The van der Waals surface area contributed by atoms with Gasteiger partial charge in [0.05, 0.1) is 0 Å². The van der Waals surface area contributed by atoms with Crippen LogP contribution in [0.15, 0.2) is 121 Å². The Morgan fingerprint density at radius 1 is 0.619 bits per heavy atom. The van der Waals surface area contributed by atoms with Crippen molar-refractivity contribution in [2.45, 2.75) is 61.8 Å². The highest BCUT2D eigenvalue weighted by Crippen LogP contribution is 2.57. The molecule has 1 aliphatic heterocycles. The highest BCUT2D eigenvalue weighted by Gasteiger charge is 2.65. The van der Waals surface area contributed by atoms with E-state index in [0.717, 1.165) is 28.7 Å². The summed E-state index contributed by atoms with van der Waals surface area (Å²) >= 11 is 0. The van der Waals surface area contributed by atoms with Crippen LogP contribution < -0.4 is 0 Å². The SMILES string of the molecule is CCCC[C@@H]1C[C@H]1B1O[C@@H](C(OC)(c2ccccc2)c2ccccc2)[C@H](C(OC)(c2ccccc2)c2ccccc2)O1. The number of unbranched alkanes of at least 4 members (excludes halogenated alkanes) is 1. The molecule has 1 aliphatic carbocycles. The van der Waals surface area contributed by atoms with Crippen molar-refractivity contribution in [2.24, 2.45) is 5.92 Å². The highest BCUT2D eigenvalue weighted by atomic mass is 16.7. The Kier molecular flexibility index (Phi) is 8.64. The Morgan fingerprint density at radius 3 is 1.29 bits per heavy atom. The minimum atomic E-state index is -0.955. The lowest BCUT2D eigenvalue weighted by Gasteiger charge is -2.47. The van der Waals surface area contributed by atoms with Crippen molar-refractivity contribution in [1.82, 2.24) is 0 Å². The molecular weight excluding hydrogens is 519 g/mol. The molecule has 2 aliphatic rings. The third-order valence-corrected chi connectivity index (χ3v) is 9.35. The van der Waals surface area contributed by atoms with E-state index in [0.29, 0.717) is 11.7 Å². The quantitative estimate of drug-likeness (QED) is 0.165. The van der Waals surface area contributed by atoms with E-state index < -0.39 is 23.4 Å². The Hall–Kier alpha value is -3.22. The average molecular weight is 561 g/mol. The second-order valence-corrected chi connectivity index (χ2v) is 11.6. The van der Waals surface area contributed by atoms with Crippen molar-refractivity contribution in [3.8, 4) is 0 Å². The van der Waals surface area contributed by atoms with Gasteiger partial charge in [0.15, 0.2) is 0 Å². The van der Waals surface area contributed by atoms with Gasteiger partial charge in [0.1, 0.15) is 23.4 Å². The summed E-state index contributed by atoms with van der Waals surface area (Å²) in [5.41, 5.74) is 2.15. The lowest BCUT2D eigenvalue weighted by atomic mass is 9.71. The molecule has 4 aromatic carbocycles. The minimum absolute atomic E-state index is 0.353. The summed E-state index contributed by atoms with van der Waals surface area (Å²) in [7, 11) is 3.22. The number of rotatable bonds is 12. The van der Waals surface area contributed by atoms with Crippen LogP contribution in [0.25, 0.3) is 0 Å². The van der Waals surface area contributed by atoms with Gasteiger partial charge >= 0.3 is 7.12 Å². The fraction of sp³-hybridized carbons (Fsp3) is 0.351. The van der Waals surface area contributed by atoms with Crippen molar-refractivity contribution in [1.29, 1.82) is 0 Å². The third kappa shape index (κ3) is 5.03. The lowest BCUT2D eigenvalue weighted by molar-refractivity contribution is -0.136. The van der Waals surface area contributed by atoms with Gasteiger partial charge in [0, 0.05) is 14.2 Å². The average Bonchev–Trinajstić information content (AvgIpc) is 3.72. The van der Waals surface area contributed by atoms with Gasteiger partial charge in [-0.05, 0) is 40.4 Å². The molecule has 216 valence electrons. The first kappa shape index (κ1) is 28.9. The molecule has 4 aromatic rings. The third-order valence-electron chi connectivity index (χ3n) is 9.35. The van der Waals surface area contributed by atoms with E-state index in [1.54, 1.807) is 14.2 Å². The molecular formula is C37H41BO4. The molecule has 0 radical (unpaired) electrons. The van der Waals surface area contributed by atoms with Crippen LogP contribution in [-0.4, -0.2) is 33.5 Å². The van der Waals surface area contributed by atoms with Gasteiger partial charge in [-0.15, -0.1) is 0 Å². The molecule has 0 N–H and O–H groups in total. The van der Waals surface area contributed by atoms with Gasteiger partial charge in [0.25, 0.3) is 0 Å². The summed E-state index contributed by atoms with van der Waals surface area (Å²) < 4.78 is 27.8. The van der Waals surface area contributed by atoms with Crippen molar-refractivity contribution < 1.29 is 18.8 Å². The van der Waals surface area contributed by atoms with E-state index in [1.165, 1.54) is 19.3 Å². The Labute approximate surface area is 251 Å². The second kappa shape index (κ2) is 12.6.